The maximum atomic E-state index is 13.9. The number of thiazole rings is 1. The fraction of sp³-hybridized carbons (Fsp3) is 0.429. The van der Waals surface area contributed by atoms with Crippen molar-refractivity contribution in [1.29, 1.82) is 0 Å². The molecule has 4 aromatic carbocycles. The van der Waals surface area contributed by atoms with Gasteiger partial charge in [0, 0.05) is 24.3 Å². The Labute approximate surface area is 477 Å². The first-order valence-electron chi connectivity index (χ1n) is 28.2. The molecule has 0 radical (unpaired) electrons. The number of hydrogen-bond donors (Lipinski definition) is 0. The second-order valence-corrected chi connectivity index (χ2v) is 21.0. The van der Waals surface area contributed by atoms with Gasteiger partial charge in [-0.3, -0.25) is 19.2 Å². The SMILES string of the molecule is C=CC(=O)OCCCCCCOc1ccc(OC(=O)[C@H]2CC[C@H](C(=O)Oc3ccc(OC(=O)[C@H]4CC[C@H](C(=O)Oc5ccc(OCCCCCCOC(=O)C=C)cc5)CC4)c(/C=N/N(CCC)c4nc5ccccc5s4)c3)CC2)cc1. The molecule has 0 saturated heterocycles. The summed E-state index contributed by atoms with van der Waals surface area (Å²) in [4.78, 5) is 81.1. The van der Waals surface area contributed by atoms with Gasteiger partial charge >= 0.3 is 35.8 Å². The predicted octanol–water partition coefficient (Wildman–Crippen LogP) is 12.5. The smallest absolute Gasteiger partial charge is 0.330 e. The zero-order valence-corrected chi connectivity index (χ0v) is 47.0. The van der Waals surface area contributed by atoms with Gasteiger partial charge in [-0.1, -0.05) is 43.6 Å². The minimum Gasteiger partial charge on any atom is -0.494 e. The molecule has 0 N–H and O–H groups in total. The molecule has 81 heavy (non-hydrogen) atoms. The first kappa shape index (κ1) is 60.8. The van der Waals surface area contributed by atoms with Crippen LogP contribution < -0.4 is 33.4 Å². The molecule has 1 aromatic heterocycles. The van der Waals surface area contributed by atoms with Crippen LogP contribution in [0.25, 0.3) is 10.2 Å². The molecule has 5 aromatic rings. The van der Waals surface area contributed by atoms with Crippen LogP contribution in [0.15, 0.2) is 121 Å². The van der Waals surface area contributed by atoms with E-state index >= 15 is 0 Å². The van der Waals surface area contributed by atoms with Crippen LogP contribution in [-0.4, -0.2) is 80.0 Å². The number of ether oxygens (including phenoxy) is 8. The Morgan fingerprint density at radius 3 is 1.42 bits per heavy atom. The second kappa shape index (κ2) is 32.4. The Kier molecular flexibility index (Phi) is 24.3. The van der Waals surface area contributed by atoms with Crippen LogP contribution in [0.4, 0.5) is 5.13 Å². The monoisotopic (exact) mass is 1130 g/mol. The standard InChI is InChI=1S/C63H73N3O14S/c1-4-37-66(63-65-54-17-11-12-18-56(54)81-63)64-43-48-42-53(79-61(71)46-21-19-44(20-22-46)59(69)77-51-31-27-49(28-32-51)73-38-13-7-9-15-40-75-57(67)5-2)35-36-55(48)80-62(72)47-25-23-45(24-26-47)60(70)78-52-33-29-50(30-34-52)74-39-14-8-10-16-41-76-58(68)6-3/h5-6,11-12,17-18,27-36,42-47H,2-4,7-10,13-16,19-26,37-41H2,1H3/b64-43+/t44-,45-,46-,47-. The molecular formula is C63H73N3O14S. The number of rotatable bonds is 31. The highest BCUT2D eigenvalue weighted by Gasteiger charge is 2.34. The molecule has 0 unspecified atom stereocenters. The van der Waals surface area contributed by atoms with E-state index in [0.717, 1.165) is 80.2 Å². The largest absolute Gasteiger partial charge is 0.494 e. The van der Waals surface area contributed by atoms with Crippen LogP contribution >= 0.6 is 11.3 Å². The van der Waals surface area contributed by atoms with Crippen LogP contribution in [-0.2, 0) is 38.2 Å². The number of anilines is 1. The Bertz CT molecular complexity index is 2870. The molecule has 0 spiro atoms. The number of carbonyl (C=O) groups excluding carboxylic acids is 6. The van der Waals surface area contributed by atoms with Gasteiger partial charge in [-0.15, -0.1) is 0 Å². The van der Waals surface area contributed by atoms with Crippen molar-refractivity contribution in [3.05, 3.63) is 122 Å². The van der Waals surface area contributed by atoms with E-state index in [0.29, 0.717) is 118 Å². The van der Waals surface area contributed by atoms with E-state index in [4.69, 9.17) is 48.0 Å². The third kappa shape index (κ3) is 19.7. The first-order valence-corrected chi connectivity index (χ1v) is 29.0. The van der Waals surface area contributed by atoms with Crippen molar-refractivity contribution in [2.24, 2.45) is 28.8 Å². The summed E-state index contributed by atoms with van der Waals surface area (Å²) in [5, 5.41) is 7.32. The second-order valence-electron chi connectivity index (χ2n) is 20.0. The van der Waals surface area contributed by atoms with Gasteiger partial charge in [-0.05, 0) is 188 Å². The number of para-hydroxylation sites is 1. The van der Waals surface area contributed by atoms with Gasteiger partial charge in [0.05, 0.1) is 66.5 Å². The molecule has 0 bridgehead atoms. The van der Waals surface area contributed by atoms with E-state index in [2.05, 4.69) is 13.2 Å². The summed E-state index contributed by atoms with van der Waals surface area (Å²) in [5.74, 6) is -1.43. The maximum absolute atomic E-state index is 13.9. The molecule has 2 aliphatic carbocycles. The average molecular weight is 1130 g/mol. The number of benzene rings is 4. The Hall–Kier alpha value is -7.86. The highest BCUT2D eigenvalue weighted by atomic mass is 32.1. The Morgan fingerprint density at radius 1 is 0.543 bits per heavy atom. The van der Waals surface area contributed by atoms with Crippen LogP contribution in [0.2, 0.25) is 0 Å². The van der Waals surface area contributed by atoms with Crippen molar-refractivity contribution in [2.45, 2.75) is 116 Å². The summed E-state index contributed by atoms with van der Waals surface area (Å²) in [6.07, 6.45) is 15.2. The van der Waals surface area contributed by atoms with Crippen LogP contribution in [0.1, 0.15) is 122 Å². The topological polar surface area (TPSA) is 205 Å². The molecule has 2 fully saturated rings. The van der Waals surface area contributed by atoms with Gasteiger partial charge in [0.2, 0.25) is 5.13 Å². The minimum atomic E-state index is -0.462. The van der Waals surface area contributed by atoms with Crippen molar-refractivity contribution in [2.75, 3.05) is 38.0 Å². The zero-order valence-electron chi connectivity index (χ0n) is 46.1. The number of hydrazone groups is 1. The van der Waals surface area contributed by atoms with Crippen molar-refractivity contribution in [3.63, 3.8) is 0 Å². The molecule has 17 nitrogen and oxygen atoms in total. The summed E-state index contributed by atoms with van der Waals surface area (Å²) in [5.41, 5.74) is 1.27. The molecule has 2 saturated carbocycles. The number of fused-ring (bicyclic) bond motifs is 1. The highest BCUT2D eigenvalue weighted by Crippen LogP contribution is 2.36. The van der Waals surface area contributed by atoms with Gasteiger partial charge in [-0.2, -0.15) is 5.10 Å². The quantitative estimate of drug-likeness (QED) is 0.0101. The predicted molar refractivity (Wildman–Crippen MR) is 308 cm³/mol. The fourth-order valence-corrected chi connectivity index (χ4v) is 10.3. The number of carbonyl (C=O) groups is 6. The number of nitrogens with zero attached hydrogens (tertiary/aromatic N) is 3. The van der Waals surface area contributed by atoms with Gasteiger partial charge < -0.3 is 37.9 Å². The van der Waals surface area contributed by atoms with Crippen molar-refractivity contribution in [1.82, 2.24) is 4.98 Å². The van der Waals surface area contributed by atoms with E-state index in [9.17, 15) is 28.8 Å². The Morgan fingerprint density at radius 2 is 0.963 bits per heavy atom. The molecule has 1 heterocycles. The zero-order chi connectivity index (χ0) is 57.2. The lowest BCUT2D eigenvalue weighted by Gasteiger charge is -2.26. The van der Waals surface area contributed by atoms with Crippen molar-refractivity contribution >= 4 is 68.7 Å². The third-order valence-electron chi connectivity index (χ3n) is 14.0. The Balaban J connectivity index is 0.887. The highest BCUT2D eigenvalue weighted by molar-refractivity contribution is 7.22. The van der Waals surface area contributed by atoms with Gasteiger partial charge in [0.15, 0.2) is 0 Å². The third-order valence-corrected chi connectivity index (χ3v) is 15.0. The fourth-order valence-electron chi connectivity index (χ4n) is 9.39. The number of aromatic nitrogens is 1. The van der Waals surface area contributed by atoms with Crippen molar-refractivity contribution in [3.8, 4) is 34.5 Å². The van der Waals surface area contributed by atoms with Crippen molar-refractivity contribution < 1.29 is 66.7 Å². The molecular weight excluding hydrogens is 1050 g/mol. The summed E-state index contributed by atoms with van der Waals surface area (Å²) < 4.78 is 46.2. The van der Waals surface area contributed by atoms with E-state index in [-0.39, 0.29) is 35.3 Å². The van der Waals surface area contributed by atoms with Gasteiger partial charge in [0.1, 0.15) is 34.5 Å². The van der Waals surface area contributed by atoms with Crippen LogP contribution in [0.5, 0.6) is 34.5 Å². The number of hydrogen-bond acceptors (Lipinski definition) is 18. The first-order chi connectivity index (χ1) is 39.5. The summed E-state index contributed by atoms with van der Waals surface area (Å²) in [6, 6.07) is 26.5. The number of esters is 6. The molecule has 0 aliphatic heterocycles. The lowest BCUT2D eigenvalue weighted by atomic mass is 9.82. The van der Waals surface area contributed by atoms with E-state index in [1.54, 1.807) is 78.0 Å². The molecule has 0 amide bonds. The summed E-state index contributed by atoms with van der Waals surface area (Å²) >= 11 is 1.51. The molecule has 2 aliphatic rings. The van der Waals surface area contributed by atoms with E-state index in [1.807, 2.05) is 31.2 Å². The minimum absolute atomic E-state index is 0.233. The molecule has 18 heteroatoms. The average Bonchev–Trinajstić information content (AvgIpc) is 3.93. The lowest BCUT2D eigenvalue weighted by Crippen LogP contribution is -2.30. The lowest BCUT2D eigenvalue weighted by molar-refractivity contribution is -0.145. The van der Waals surface area contributed by atoms with Gasteiger partial charge in [-0.25, -0.2) is 19.6 Å². The van der Waals surface area contributed by atoms with Crippen LogP contribution in [0.3, 0.4) is 0 Å². The number of unbranched alkanes of at least 4 members (excludes halogenated alkanes) is 6. The van der Waals surface area contributed by atoms with E-state index < -0.39 is 35.7 Å². The normalized spacial score (nSPS) is 16.9. The molecule has 7 rings (SSSR count). The maximum Gasteiger partial charge on any atom is 0.330 e. The van der Waals surface area contributed by atoms with Crippen LogP contribution in [0, 0.1) is 23.7 Å². The molecule has 0 atom stereocenters. The molecule has 430 valence electrons. The van der Waals surface area contributed by atoms with E-state index in [1.165, 1.54) is 11.3 Å². The summed E-state index contributed by atoms with van der Waals surface area (Å²) in [6.45, 7) is 11.2. The summed E-state index contributed by atoms with van der Waals surface area (Å²) in [7, 11) is 0. The van der Waals surface area contributed by atoms with Gasteiger partial charge in [0.25, 0.3) is 0 Å².